The van der Waals surface area contributed by atoms with E-state index >= 15 is 0 Å². The van der Waals surface area contributed by atoms with E-state index in [0.717, 1.165) is 4.47 Å². The molecule has 0 spiro atoms. The Bertz CT molecular complexity index is 652. The van der Waals surface area contributed by atoms with Crippen LogP contribution in [0.15, 0.2) is 40.9 Å². The summed E-state index contributed by atoms with van der Waals surface area (Å²) in [6.07, 6.45) is 0. The lowest BCUT2D eigenvalue weighted by molar-refractivity contribution is 0.386. The first-order chi connectivity index (χ1) is 10.0. The van der Waals surface area contributed by atoms with Gasteiger partial charge in [0.25, 0.3) is 0 Å². The maximum atomic E-state index is 7.60. The summed E-state index contributed by atoms with van der Waals surface area (Å²) in [5.74, 6) is 2.18. The van der Waals surface area contributed by atoms with Gasteiger partial charge in [0.1, 0.15) is 28.8 Å². The summed E-state index contributed by atoms with van der Waals surface area (Å²) in [6, 6.07) is 10.5. The second-order valence-corrected chi connectivity index (χ2v) is 5.12. The van der Waals surface area contributed by atoms with Gasteiger partial charge in [0.05, 0.1) is 19.8 Å². The molecule has 3 N–H and O–H groups in total. The fraction of sp³-hybridized carbons (Fsp3) is 0.133. The van der Waals surface area contributed by atoms with Crippen molar-refractivity contribution in [3.8, 4) is 23.0 Å². The molecule has 110 valence electrons. The highest BCUT2D eigenvalue weighted by atomic mass is 79.9. The van der Waals surface area contributed by atoms with E-state index in [1.807, 2.05) is 0 Å². The lowest BCUT2D eigenvalue weighted by atomic mass is 10.2. The molecule has 5 nitrogen and oxygen atoms in total. The van der Waals surface area contributed by atoms with Crippen molar-refractivity contribution in [2.24, 2.45) is 5.73 Å². The molecule has 0 aromatic heterocycles. The van der Waals surface area contributed by atoms with Gasteiger partial charge in [-0.25, -0.2) is 0 Å². The van der Waals surface area contributed by atoms with Crippen LogP contribution in [0.5, 0.6) is 23.0 Å². The van der Waals surface area contributed by atoms with E-state index in [1.165, 1.54) is 0 Å². The van der Waals surface area contributed by atoms with Crippen molar-refractivity contribution in [2.75, 3.05) is 14.2 Å². The van der Waals surface area contributed by atoms with Crippen LogP contribution < -0.4 is 19.9 Å². The van der Waals surface area contributed by atoms with Crippen LogP contribution in [-0.4, -0.2) is 20.1 Å². The quantitative estimate of drug-likeness (QED) is 0.638. The van der Waals surface area contributed by atoms with Crippen molar-refractivity contribution in [3.63, 3.8) is 0 Å². The summed E-state index contributed by atoms with van der Waals surface area (Å²) in [6.45, 7) is 0. The molecule has 0 heterocycles. The van der Waals surface area contributed by atoms with Crippen molar-refractivity contribution >= 4 is 21.8 Å². The molecule has 0 aliphatic rings. The van der Waals surface area contributed by atoms with Crippen LogP contribution in [0.1, 0.15) is 5.56 Å². The SMILES string of the molecule is COc1cc(OC)cc(Oc2cc(Br)ccc2C(=N)N)c1. The van der Waals surface area contributed by atoms with E-state index in [-0.39, 0.29) is 5.84 Å². The van der Waals surface area contributed by atoms with Crippen molar-refractivity contribution in [1.29, 1.82) is 5.41 Å². The fourth-order valence-corrected chi connectivity index (χ4v) is 2.11. The highest BCUT2D eigenvalue weighted by Crippen LogP contribution is 2.33. The standard InChI is InChI=1S/C15H15BrN2O3/c1-19-10-6-11(20-2)8-12(7-10)21-14-5-9(16)3-4-13(14)15(17)18/h3-8H,1-2H3,(H3,17,18). The van der Waals surface area contributed by atoms with E-state index in [0.29, 0.717) is 28.6 Å². The Labute approximate surface area is 131 Å². The fourth-order valence-electron chi connectivity index (χ4n) is 1.77. The molecule has 21 heavy (non-hydrogen) atoms. The van der Waals surface area contributed by atoms with Crippen molar-refractivity contribution < 1.29 is 14.2 Å². The molecule has 2 rings (SSSR count). The number of rotatable bonds is 5. The molecule has 0 aliphatic heterocycles. The molecular weight excluding hydrogens is 336 g/mol. The Balaban J connectivity index is 2.42. The summed E-state index contributed by atoms with van der Waals surface area (Å²) in [5.41, 5.74) is 6.08. The second kappa shape index (κ2) is 6.49. The third-order valence-electron chi connectivity index (χ3n) is 2.79. The van der Waals surface area contributed by atoms with Crippen LogP contribution >= 0.6 is 15.9 Å². The number of nitrogen functional groups attached to an aromatic ring is 1. The van der Waals surface area contributed by atoms with Crippen molar-refractivity contribution in [3.05, 3.63) is 46.4 Å². The monoisotopic (exact) mass is 350 g/mol. The van der Waals surface area contributed by atoms with Crippen LogP contribution in [0.4, 0.5) is 0 Å². The molecule has 2 aromatic carbocycles. The van der Waals surface area contributed by atoms with E-state index in [9.17, 15) is 0 Å². The molecule has 0 saturated carbocycles. The molecule has 6 heteroatoms. The van der Waals surface area contributed by atoms with Gasteiger partial charge in [-0.15, -0.1) is 0 Å². The highest BCUT2D eigenvalue weighted by molar-refractivity contribution is 9.10. The van der Waals surface area contributed by atoms with Gasteiger partial charge in [-0.2, -0.15) is 0 Å². The number of amidine groups is 1. The van der Waals surface area contributed by atoms with Crippen molar-refractivity contribution in [1.82, 2.24) is 0 Å². The van der Waals surface area contributed by atoms with Crippen molar-refractivity contribution in [2.45, 2.75) is 0 Å². The van der Waals surface area contributed by atoms with Gasteiger partial charge in [-0.05, 0) is 18.2 Å². The van der Waals surface area contributed by atoms with Gasteiger partial charge < -0.3 is 19.9 Å². The molecule has 0 aliphatic carbocycles. The Kier molecular flexibility index (Phi) is 4.70. The van der Waals surface area contributed by atoms with E-state index in [1.54, 1.807) is 50.6 Å². The highest BCUT2D eigenvalue weighted by Gasteiger charge is 2.10. The normalized spacial score (nSPS) is 10.0. The zero-order valence-electron chi connectivity index (χ0n) is 11.6. The second-order valence-electron chi connectivity index (χ2n) is 4.20. The molecule has 0 radical (unpaired) electrons. The number of nitrogens with two attached hydrogens (primary N) is 1. The molecule has 0 fully saturated rings. The number of halogens is 1. The smallest absolute Gasteiger partial charge is 0.139 e. The van der Waals surface area contributed by atoms with Crippen LogP contribution in [0.2, 0.25) is 0 Å². The zero-order chi connectivity index (χ0) is 15.4. The number of nitrogens with one attached hydrogen (secondary N) is 1. The van der Waals surface area contributed by atoms with Crippen LogP contribution in [0.25, 0.3) is 0 Å². The number of hydrogen-bond acceptors (Lipinski definition) is 4. The first kappa shape index (κ1) is 15.2. The Hall–Kier alpha value is -2.21. The number of benzene rings is 2. The molecule has 2 aromatic rings. The van der Waals surface area contributed by atoms with Gasteiger partial charge in [-0.1, -0.05) is 15.9 Å². The molecule has 0 amide bonds. The van der Waals surface area contributed by atoms with E-state index < -0.39 is 0 Å². The predicted molar refractivity (Wildman–Crippen MR) is 84.8 cm³/mol. The molecule has 0 atom stereocenters. The van der Waals surface area contributed by atoms with Gasteiger partial charge in [-0.3, -0.25) is 5.41 Å². The average Bonchev–Trinajstić information content (AvgIpc) is 2.46. The van der Waals surface area contributed by atoms with Crippen LogP contribution in [0, 0.1) is 5.41 Å². The van der Waals surface area contributed by atoms with E-state index in [4.69, 9.17) is 25.4 Å². The molecular formula is C15H15BrN2O3. The number of methoxy groups -OCH3 is 2. The van der Waals surface area contributed by atoms with Gasteiger partial charge in [0.15, 0.2) is 0 Å². The molecule has 0 unspecified atom stereocenters. The largest absolute Gasteiger partial charge is 0.496 e. The first-order valence-electron chi connectivity index (χ1n) is 6.08. The summed E-state index contributed by atoms with van der Waals surface area (Å²) in [5, 5.41) is 7.60. The number of ether oxygens (including phenoxy) is 3. The lowest BCUT2D eigenvalue weighted by Crippen LogP contribution is -2.12. The summed E-state index contributed by atoms with van der Waals surface area (Å²) in [4.78, 5) is 0. The Morgan fingerprint density at radius 3 is 2.10 bits per heavy atom. The van der Waals surface area contributed by atoms with Crippen LogP contribution in [0.3, 0.4) is 0 Å². The maximum absolute atomic E-state index is 7.60. The van der Waals surface area contributed by atoms with Gasteiger partial charge in [0, 0.05) is 22.7 Å². The number of hydrogen-bond donors (Lipinski definition) is 2. The lowest BCUT2D eigenvalue weighted by Gasteiger charge is -2.13. The summed E-state index contributed by atoms with van der Waals surface area (Å²) >= 11 is 3.37. The zero-order valence-corrected chi connectivity index (χ0v) is 13.2. The predicted octanol–water partition coefficient (Wildman–Crippen LogP) is 3.54. The topological polar surface area (TPSA) is 77.6 Å². The third kappa shape index (κ3) is 3.66. The van der Waals surface area contributed by atoms with Gasteiger partial charge in [0.2, 0.25) is 0 Å². The summed E-state index contributed by atoms with van der Waals surface area (Å²) in [7, 11) is 3.14. The minimum atomic E-state index is -0.0626. The maximum Gasteiger partial charge on any atom is 0.139 e. The minimum Gasteiger partial charge on any atom is -0.496 e. The Morgan fingerprint density at radius 2 is 1.57 bits per heavy atom. The first-order valence-corrected chi connectivity index (χ1v) is 6.87. The van der Waals surface area contributed by atoms with Gasteiger partial charge >= 0.3 is 0 Å². The van der Waals surface area contributed by atoms with Crippen LogP contribution in [-0.2, 0) is 0 Å². The summed E-state index contributed by atoms with van der Waals surface area (Å²) < 4.78 is 17.1. The minimum absolute atomic E-state index is 0.0626. The average molecular weight is 351 g/mol. The Morgan fingerprint density at radius 1 is 1.00 bits per heavy atom. The molecule has 0 bridgehead atoms. The third-order valence-corrected chi connectivity index (χ3v) is 3.28. The van der Waals surface area contributed by atoms with E-state index in [2.05, 4.69) is 15.9 Å². The molecule has 0 saturated heterocycles.